The molecule has 1 aromatic rings. The van der Waals surface area contributed by atoms with Crippen LogP contribution in [0.15, 0.2) is 4.42 Å². The summed E-state index contributed by atoms with van der Waals surface area (Å²) in [5.74, 6) is 1.25. The van der Waals surface area contributed by atoms with Crippen LogP contribution in [0.5, 0.6) is 0 Å². The molecule has 0 fully saturated rings. The Hall–Kier alpha value is -0.860. The zero-order valence-corrected chi connectivity index (χ0v) is 4.30. The Balaban J connectivity index is 3.04. The van der Waals surface area contributed by atoms with Crippen LogP contribution in [0.1, 0.15) is 11.8 Å². The molecule has 0 aliphatic carbocycles. The first-order valence-electron chi connectivity index (χ1n) is 2.06. The highest BCUT2D eigenvalue weighted by Gasteiger charge is 1.89. The molecule has 0 bridgehead atoms. The predicted molar refractivity (Wildman–Crippen MR) is 23.8 cm³/mol. The van der Waals surface area contributed by atoms with Gasteiger partial charge in [0.1, 0.15) is 0 Å². The first-order valence-corrected chi connectivity index (χ1v) is 2.06. The molecule has 0 spiro atoms. The SMILES string of the molecule is Cc1nnc(C)o1. The number of rotatable bonds is 0. The molecule has 1 heterocycles. The van der Waals surface area contributed by atoms with Crippen LogP contribution >= 0.6 is 0 Å². The molecule has 0 amide bonds. The van der Waals surface area contributed by atoms with Crippen molar-refractivity contribution in [1.29, 1.82) is 0 Å². The van der Waals surface area contributed by atoms with E-state index in [-0.39, 0.29) is 0 Å². The van der Waals surface area contributed by atoms with Crippen molar-refractivity contribution in [2.24, 2.45) is 0 Å². The van der Waals surface area contributed by atoms with Crippen molar-refractivity contribution in [3.8, 4) is 0 Å². The third kappa shape index (κ3) is 0.765. The number of hydrogen-bond acceptors (Lipinski definition) is 3. The summed E-state index contributed by atoms with van der Waals surface area (Å²) in [5, 5.41) is 7.20. The molecule has 0 atom stereocenters. The third-order valence-electron chi connectivity index (χ3n) is 0.627. The molecule has 7 heavy (non-hydrogen) atoms. The van der Waals surface area contributed by atoms with Crippen LogP contribution in [0, 0.1) is 13.8 Å². The van der Waals surface area contributed by atoms with Gasteiger partial charge in [0.05, 0.1) is 0 Å². The quantitative estimate of drug-likeness (QED) is 0.479. The summed E-state index contributed by atoms with van der Waals surface area (Å²) in [7, 11) is 0. The van der Waals surface area contributed by atoms with Crippen LogP contribution in [-0.4, -0.2) is 10.2 Å². The van der Waals surface area contributed by atoms with Crippen molar-refractivity contribution >= 4 is 0 Å². The normalized spacial score (nSPS) is 9.43. The van der Waals surface area contributed by atoms with Crippen molar-refractivity contribution in [1.82, 2.24) is 10.2 Å². The fourth-order valence-corrected chi connectivity index (χ4v) is 0.395. The van der Waals surface area contributed by atoms with Crippen LogP contribution in [0.4, 0.5) is 0 Å². The zero-order chi connectivity index (χ0) is 5.28. The summed E-state index contributed by atoms with van der Waals surface area (Å²) in [4.78, 5) is 0. The molecular formula is C4H6N2O. The predicted octanol–water partition coefficient (Wildman–Crippen LogP) is 0.686. The van der Waals surface area contributed by atoms with E-state index in [9.17, 15) is 0 Å². The van der Waals surface area contributed by atoms with E-state index < -0.39 is 0 Å². The Morgan fingerprint density at radius 1 is 1.14 bits per heavy atom. The van der Waals surface area contributed by atoms with Crippen molar-refractivity contribution in [3.05, 3.63) is 11.8 Å². The lowest BCUT2D eigenvalue weighted by Gasteiger charge is -1.70. The fourth-order valence-electron chi connectivity index (χ4n) is 0.395. The zero-order valence-electron chi connectivity index (χ0n) is 4.30. The van der Waals surface area contributed by atoms with Gasteiger partial charge in [-0.05, 0) is 0 Å². The second kappa shape index (κ2) is 1.33. The lowest BCUT2D eigenvalue weighted by molar-refractivity contribution is 0.489. The van der Waals surface area contributed by atoms with Crippen LogP contribution < -0.4 is 0 Å². The van der Waals surface area contributed by atoms with Gasteiger partial charge in [0, 0.05) is 13.8 Å². The molecule has 0 radical (unpaired) electrons. The van der Waals surface area contributed by atoms with E-state index in [0.29, 0.717) is 11.8 Å². The van der Waals surface area contributed by atoms with Crippen LogP contribution in [0.3, 0.4) is 0 Å². The molecule has 3 heteroatoms. The molecule has 1 rings (SSSR count). The van der Waals surface area contributed by atoms with Gasteiger partial charge in [0.2, 0.25) is 11.8 Å². The van der Waals surface area contributed by atoms with Crippen LogP contribution in [0.25, 0.3) is 0 Å². The minimum Gasteiger partial charge on any atom is -0.426 e. The Morgan fingerprint density at radius 2 is 1.57 bits per heavy atom. The summed E-state index contributed by atoms with van der Waals surface area (Å²) in [5.41, 5.74) is 0. The third-order valence-corrected chi connectivity index (χ3v) is 0.627. The smallest absolute Gasteiger partial charge is 0.213 e. The Bertz CT molecular complexity index is 142. The molecule has 0 saturated carbocycles. The Labute approximate surface area is 41.4 Å². The molecule has 0 aliphatic heterocycles. The van der Waals surface area contributed by atoms with Gasteiger partial charge >= 0.3 is 0 Å². The number of hydrogen-bond donors (Lipinski definition) is 0. The van der Waals surface area contributed by atoms with E-state index in [0.717, 1.165) is 0 Å². The average molecular weight is 98.1 g/mol. The molecule has 1 aromatic heterocycles. The number of aryl methyl sites for hydroxylation is 2. The Kier molecular flexibility index (Phi) is 0.817. The van der Waals surface area contributed by atoms with E-state index in [4.69, 9.17) is 4.42 Å². The van der Waals surface area contributed by atoms with Crippen LogP contribution in [0.2, 0.25) is 0 Å². The average Bonchev–Trinajstić information content (AvgIpc) is 1.87. The first-order chi connectivity index (χ1) is 3.29. The molecule has 0 saturated heterocycles. The minimum absolute atomic E-state index is 0.623. The van der Waals surface area contributed by atoms with E-state index in [1.165, 1.54) is 0 Å². The largest absolute Gasteiger partial charge is 0.426 e. The number of nitrogens with zero attached hydrogens (tertiary/aromatic N) is 2. The standard InChI is InChI=1S/C4H6N2O/c1-3-5-6-4(2)7-3/h1-2H3. The second-order valence-electron chi connectivity index (χ2n) is 1.34. The van der Waals surface area contributed by atoms with E-state index >= 15 is 0 Å². The van der Waals surface area contributed by atoms with Gasteiger partial charge in [-0.2, -0.15) is 0 Å². The minimum atomic E-state index is 0.623. The van der Waals surface area contributed by atoms with Crippen LogP contribution in [-0.2, 0) is 0 Å². The summed E-state index contributed by atoms with van der Waals surface area (Å²) >= 11 is 0. The maximum atomic E-state index is 4.86. The molecule has 0 N–H and O–H groups in total. The highest BCUT2D eigenvalue weighted by atomic mass is 16.4. The molecule has 0 unspecified atom stereocenters. The van der Waals surface area contributed by atoms with Crippen molar-refractivity contribution in [2.75, 3.05) is 0 Å². The van der Waals surface area contributed by atoms with Crippen molar-refractivity contribution in [3.63, 3.8) is 0 Å². The molecule has 38 valence electrons. The summed E-state index contributed by atoms with van der Waals surface area (Å²) in [6.07, 6.45) is 0. The molecular weight excluding hydrogens is 92.1 g/mol. The molecule has 3 nitrogen and oxygen atoms in total. The summed E-state index contributed by atoms with van der Waals surface area (Å²) in [6, 6.07) is 0. The van der Waals surface area contributed by atoms with Gasteiger partial charge in [-0.3, -0.25) is 0 Å². The van der Waals surface area contributed by atoms with E-state index in [1.54, 1.807) is 13.8 Å². The van der Waals surface area contributed by atoms with Crippen molar-refractivity contribution < 1.29 is 4.42 Å². The van der Waals surface area contributed by atoms with Gasteiger partial charge in [0.15, 0.2) is 0 Å². The van der Waals surface area contributed by atoms with E-state index in [2.05, 4.69) is 10.2 Å². The monoisotopic (exact) mass is 98.0 g/mol. The maximum absolute atomic E-state index is 4.86. The topological polar surface area (TPSA) is 38.9 Å². The maximum Gasteiger partial charge on any atom is 0.213 e. The number of aromatic nitrogens is 2. The lowest BCUT2D eigenvalue weighted by atomic mass is 10.8. The molecule has 0 aromatic carbocycles. The Morgan fingerprint density at radius 3 is 1.71 bits per heavy atom. The highest BCUT2D eigenvalue weighted by Crippen LogP contribution is 1.92. The van der Waals surface area contributed by atoms with E-state index in [1.807, 2.05) is 0 Å². The van der Waals surface area contributed by atoms with Crippen molar-refractivity contribution in [2.45, 2.75) is 13.8 Å². The molecule has 0 aliphatic rings. The lowest BCUT2D eigenvalue weighted by Crippen LogP contribution is -1.68. The highest BCUT2D eigenvalue weighted by molar-refractivity contribution is 4.72. The van der Waals surface area contributed by atoms with Gasteiger partial charge < -0.3 is 4.42 Å². The fraction of sp³-hybridized carbons (Fsp3) is 0.500. The summed E-state index contributed by atoms with van der Waals surface area (Å²) in [6.45, 7) is 3.53. The van der Waals surface area contributed by atoms with Gasteiger partial charge in [-0.1, -0.05) is 0 Å². The van der Waals surface area contributed by atoms with Gasteiger partial charge in [-0.25, -0.2) is 0 Å². The first kappa shape index (κ1) is 4.30. The van der Waals surface area contributed by atoms with Gasteiger partial charge in [0.25, 0.3) is 0 Å². The second-order valence-corrected chi connectivity index (χ2v) is 1.34. The summed E-state index contributed by atoms with van der Waals surface area (Å²) < 4.78 is 4.86. The van der Waals surface area contributed by atoms with Gasteiger partial charge in [-0.15, -0.1) is 10.2 Å².